The van der Waals surface area contributed by atoms with E-state index in [0.29, 0.717) is 17.0 Å². The van der Waals surface area contributed by atoms with Gasteiger partial charge in [-0.3, -0.25) is 0 Å². The zero-order chi connectivity index (χ0) is 15.6. The van der Waals surface area contributed by atoms with Crippen molar-refractivity contribution in [3.05, 3.63) is 46.8 Å². The first-order valence-electron chi connectivity index (χ1n) is 6.17. The standard InChI is InChI=1S/C14H15NO5S/c1-9-4-5-12(21(3,17)18)7-13(9)14(16)19-8-11-6-10(2)15-20-11/h4-7H,8H2,1-3H3. The number of carbonyl (C=O) groups is 1. The van der Waals surface area contributed by atoms with Gasteiger partial charge >= 0.3 is 5.97 Å². The van der Waals surface area contributed by atoms with Gasteiger partial charge in [0.05, 0.1) is 16.2 Å². The number of aryl methyl sites for hydroxylation is 2. The normalized spacial score (nSPS) is 11.4. The van der Waals surface area contributed by atoms with Gasteiger partial charge < -0.3 is 9.26 Å². The lowest BCUT2D eigenvalue weighted by atomic mass is 10.1. The monoisotopic (exact) mass is 309 g/mol. The minimum Gasteiger partial charge on any atom is -0.454 e. The number of aromatic nitrogens is 1. The maximum atomic E-state index is 12.0. The summed E-state index contributed by atoms with van der Waals surface area (Å²) in [5.74, 6) is -0.176. The predicted molar refractivity (Wildman–Crippen MR) is 74.6 cm³/mol. The molecule has 0 aliphatic rings. The quantitative estimate of drug-likeness (QED) is 0.803. The summed E-state index contributed by atoms with van der Waals surface area (Å²) in [6, 6.07) is 6.01. The van der Waals surface area contributed by atoms with Crippen LogP contribution in [-0.2, 0) is 21.2 Å². The van der Waals surface area contributed by atoms with Gasteiger partial charge in [0.1, 0.15) is 0 Å². The van der Waals surface area contributed by atoms with E-state index in [4.69, 9.17) is 9.26 Å². The largest absolute Gasteiger partial charge is 0.454 e. The third-order valence-corrected chi connectivity index (χ3v) is 3.99. The number of hydrogen-bond acceptors (Lipinski definition) is 6. The summed E-state index contributed by atoms with van der Waals surface area (Å²) in [6.45, 7) is 3.41. The molecule has 0 N–H and O–H groups in total. The van der Waals surface area contributed by atoms with E-state index in [2.05, 4.69) is 5.16 Å². The van der Waals surface area contributed by atoms with E-state index in [1.807, 2.05) is 0 Å². The van der Waals surface area contributed by atoms with Crippen LogP contribution in [0.3, 0.4) is 0 Å². The van der Waals surface area contributed by atoms with Crippen LogP contribution in [0.4, 0.5) is 0 Å². The number of ether oxygens (including phenoxy) is 1. The first-order chi connectivity index (χ1) is 9.77. The highest BCUT2D eigenvalue weighted by molar-refractivity contribution is 7.90. The van der Waals surface area contributed by atoms with Gasteiger partial charge in [-0.2, -0.15) is 0 Å². The van der Waals surface area contributed by atoms with Gasteiger partial charge in [-0.1, -0.05) is 11.2 Å². The Hall–Kier alpha value is -2.15. The van der Waals surface area contributed by atoms with Crippen LogP contribution in [0.5, 0.6) is 0 Å². The highest BCUT2D eigenvalue weighted by atomic mass is 32.2. The molecule has 6 nitrogen and oxygen atoms in total. The number of benzene rings is 1. The van der Waals surface area contributed by atoms with E-state index >= 15 is 0 Å². The fourth-order valence-electron chi connectivity index (χ4n) is 1.75. The number of rotatable bonds is 4. The first-order valence-corrected chi connectivity index (χ1v) is 8.06. The summed E-state index contributed by atoms with van der Waals surface area (Å²) in [7, 11) is -3.38. The summed E-state index contributed by atoms with van der Waals surface area (Å²) in [5.41, 5.74) is 1.55. The van der Waals surface area contributed by atoms with Crippen molar-refractivity contribution in [2.45, 2.75) is 25.3 Å². The molecule has 0 radical (unpaired) electrons. The highest BCUT2D eigenvalue weighted by Crippen LogP contribution is 2.17. The molecular weight excluding hydrogens is 294 g/mol. The van der Waals surface area contributed by atoms with Crippen LogP contribution in [-0.4, -0.2) is 25.8 Å². The second kappa shape index (κ2) is 5.69. The zero-order valence-corrected chi connectivity index (χ0v) is 12.7. The lowest BCUT2D eigenvalue weighted by Gasteiger charge is -2.07. The van der Waals surface area contributed by atoms with Gasteiger partial charge in [-0.15, -0.1) is 0 Å². The second-order valence-corrected chi connectivity index (χ2v) is 6.78. The number of esters is 1. The summed E-state index contributed by atoms with van der Waals surface area (Å²) < 4.78 is 33.1. The maximum absolute atomic E-state index is 12.0. The predicted octanol–water partition coefficient (Wildman–Crippen LogP) is 2.05. The van der Waals surface area contributed by atoms with E-state index in [9.17, 15) is 13.2 Å². The molecule has 0 atom stereocenters. The molecule has 0 aliphatic carbocycles. The van der Waals surface area contributed by atoms with Gasteiger partial charge in [0, 0.05) is 12.3 Å². The van der Waals surface area contributed by atoms with Crippen molar-refractivity contribution >= 4 is 15.8 Å². The summed E-state index contributed by atoms with van der Waals surface area (Å²) >= 11 is 0. The maximum Gasteiger partial charge on any atom is 0.338 e. The Balaban J connectivity index is 2.18. The van der Waals surface area contributed by atoms with Crippen LogP contribution in [0.25, 0.3) is 0 Å². The van der Waals surface area contributed by atoms with Crippen LogP contribution < -0.4 is 0 Å². The van der Waals surface area contributed by atoms with Crippen molar-refractivity contribution in [2.75, 3.05) is 6.26 Å². The average molecular weight is 309 g/mol. The molecule has 112 valence electrons. The second-order valence-electron chi connectivity index (χ2n) is 4.76. The molecular formula is C14H15NO5S. The number of hydrogen-bond donors (Lipinski definition) is 0. The Morgan fingerprint density at radius 2 is 2.00 bits per heavy atom. The molecule has 1 heterocycles. The number of nitrogens with zero attached hydrogens (tertiary/aromatic N) is 1. The van der Waals surface area contributed by atoms with E-state index in [-0.39, 0.29) is 17.1 Å². The molecule has 1 aromatic carbocycles. The Bertz CT molecular complexity index is 776. The van der Waals surface area contributed by atoms with Crippen molar-refractivity contribution in [1.29, 1.82) is 0 Å². The molecule has 0 amide bonds. The van der Waals surface area contributed by atoms with Crippen molar-refractivity contribution in [3.8, 4) is 0 Å². The molecule has 0 saturated carbocycles. The summed E-state index contributed by atoms with van der Waals surface area (Å²) in [5, 5.41) is 3.69. The van der Waals surface area contributed by atoms with Gasteiger partial charge in [0.25, 0.3) is 0 Å². The fraction of sp³-hybridized carbons (Fsp3) is 0.286. The van der Waals surface area contributed by atoms with Gasteiger partial charge in [-0.25, -0.2) is 13.2 Å². The smallest absolute Gasteiger partial charge is 0.338 e. The van der Waals surface area contributed by atoms with E-state index in [1.165, 1.54) is 12.1 Å². The van der Waals surface area contributed by atoms with Crippen molar-refractivity contribution in [2.24, 2.45) is 0 Å². The Morgan fingerprint density at radius 3 is 2.57 bits per heavy atom. The Morgan fingerprint density at radius 1 is 1.29 bits per heavy atom. The minimum absolute atomic E-state index is 0.0534. The van der Waals surface area contributed by atoms with Crippen LogP contribution >= 0.6 is 0 Å². The Labute approximate surface area is 122 Å². The number of carbonyl (C=O) groups excluding carboxylic acids is 1. The van der Waals surface area contributed by atoms with Crippen molar-refractivity contribution in [3.63, 3.8) is 0 Å². The molecule has 1 aromatic heterocycles. The first kappa shape index (κ1) is 15.2. The van der Waals surface area contributed by atoms with Crippen molar-refractivity contribution in [1.82, 2.24) is 5.16 Å². The summed E-state index contributed by atoms with van der Waals surface area (Å²) in [6.07, 6.45) is 1.09. The molecule has 0 fully saturated rings. The molecule has 0 unspecified atom stereocenters. The van der Waals surface area contributed by atoms with E-state index < -0.39 is 15.8 Å². The third kappa shape index (κ3) is 3.69. The molecule has 0 saturated heterocycles. The van der Waals surface area contributed by atoms with Crippen molar-refractivity contribution < 1.29 is 22.5 Å². The molecule has 2 aromatic rings. The van der Waals surface area contributed by atoms with Crippen LogP contribution in [0.15, 0.2) is 33.7 Å². The Kier molecular flexibility index (Phi) is 4.13. The van der Waals surface area contributed by atoms with Gasteiger partial charge in [-0.05, 0) is 31.5 Å². The molecule has 0 aliphatic heterocycles. The van der Waals surface area contributed by atoms with Gasteiger partial charge in [0.15, 0.2) is 22.2 Å². The van der Waals surface area contributed by atoms with Crippen LogP contribution in [0, 0.1) is 13.8 Å². The van der Waals surface area contributed by atoms with E-state index in [1.54, 1.807) is 26.0 Å². The third-order valence-electron chi connectivity index (χ3n) is 2.88. The SMILES string of the molecule is Cc1cc(COC(=O)c2cc(S(C)(=O)=O)ccc2C)on1. The number of sulfone groups is 1. The topological polar surface area (TPSA) is 86.5 Å². The molecule has 2 rings (SSSR count). The lowest BCUT2D eigenvalue weighted by Crippen LogP contribution is -2.09. The molecule has 0 bridgehead atoms. The van der Waals surface area contributed by atoms with Gasteiger partial charge in [0.2, 0.25) is 0 Å². The fourth-order valence-corrected chi connectivity index (χ4v) is 2.40. The zero-order valence-electron chi connectivity index (χ0n) is 11.9. The van der Waals surface area contributed by atoms with E-state index in [0.717, 1.165) is 6.26 Å². The van der Waals surface area contributed by atoms with Crippen LogP contribution in [0.2, 0.25) is 0 Å². The molecule has 7 heteroatoms. The highest BCUT2D eigenvalue weighted by Gasteiger charge is 2.16. The summed E-state index contributed by atoms with van der Waals surface area (Å²) in [4.78, 5) is 12.1. The molecule has 0 spiro atoms. The van der Waals surface area contributed by atoms with Crippen LogP contribution in [0.1, 0.15) is 27.4 Å². The average Bonchev–Trinajstić information content (AvgIpc) is 2.81. The molecule has 21 heavy (non-hydrogen) atoms. The lowest BCUT2D eigenvalue weighted by molar-refractivity contribution is 0.0436. The minimum atomic E-state index is -3.38.